The molecule has 0 saturated heterocycles. The van der Waals surface area contributed by atoms with Crippen molar-refractivity contribution in [1.82, 2.24) is 24.1 Å². The number of halogens is 2. The fraction of sp³-hybridized carbons (Fsp3) is 0.152. The van der Waals surface area contributed by atoms with Crippen molar-refractivity contribution in [2.45, 2.75) is 33.0 Å². The van der Waals surface area contributed by atoms with Crippen LogP contribution in [0.15, 0.2) is 91.4 Å². The number of aromatic carboxylic acids is 1. The van der Waals surface area contributed by atoms with Crippen LogP contribution in [0.5, 0.6) is 17.4 Å². The molecule has 9 nitrogen and oxygen atoms in total. The minimum Gasteiger partial charge on any atom is -0.484 e. The van der Waals surface area contributed by atoms with E-state index in [4.69, 9.17) is 26.1 Å². The zero-order valence-corrected chi connectivity index (χ0v) is 24.4. The van der Waals surface area contributed by atoms with Crippen LogP contribution in [0.1, 0.15) is 40.1 Å². The van der Waals surface area contributed by atoms with Crippen molar-refractivity contribution >= 4 is 28.6 Å². The van der Waals surface area contributed by atoms with Gasteiger partial charge >= 0.3 is 5.97 Å². The van der Waals surface area contributed by atoms with Gasteiger partial charge in [0.1, 0.15) is 18.2 Å². The van der Waals surface area contributed by atoms with Crippen LogP contribution in [0, 0.1) is 5.82 Å². The summed E-state index contributed by atoms with van der Waals surface area (Å²) in [5, 5.41) is 9.87. The Hall–Kier alpha value is -5.22. The van der Waals surface area contributed by atoms with E-state index in [0.29, 0.717) is 35.3 Å². The van der Waals surface area contributed by atoms with Crippen LogP contribution in [-0.4, -0.2) is 35.2 Å². The summed E-state index contributed by atoms with van der Waals surface area (Å²) in [5.41, 5.74) is 4.24. The number of aromatic nitrogens is 5. The molecule has 6 rings (SSSR count). The van der Waals surface area contributed by atoms with E-state index in [1.54, 1.807) is 48.8 Å². The molecule has 0 spiro atoms. The number of aryl methyl sites for hydroxylation is 1. The molecule has 3 aromatic carbocycles. The zero-order valence-electron chi connectivity index (χ0n) is 23.7. The average Bonchev–Trinajstić information content (AvgIpc) is 3.61. The van der Waals surface area contributed by atoms with Gasteiger partial charge in [-0.3, -0.25) is 0 Å². The van der Waals surface area contributed by atoms with Crippen LogP contribution >= 0.6 is 11.6 Å². The lowest BCUT2D eigenvalue weighted by atomic mass is 10.1. The van der Waals surface area contributed by atoms with E-state index < -0.39 is 11.8 Å². The van der Waals surface area contributed by atoms with Crippen molar-refractivity contribution in [2.24, 2.45) is 0 Å². The molecule has 1 N–H and O–H groups in total. The molecule has 11 heteroatoms. The van der Waals surface area contributed by atoms with Gasteiger partial charge in [0, 0.05) is 30.3 Å². The number of pyridine rings is 1. The number of imidazole rings is 2. The molecule has 44 heavy (non-hydrogen) atoms. The molecule has 0 fully saturated rings. The highest BCUT2D eigenvalue weighted by Gasteiger charge is 2.16. The molecule has 0 radical (unpaired) electrons. The number of hydrogen-bond donors (Lipinski definition) is 1. The minimum atomic E-state index is -0.988. The molecule has 3 aromatic heterocycles. The number of nitrogens with zero attached hydrogens (tertiary/aromatic N) is 5. The molecule has 0 aliphatic heterocycles. The second kappa shape index (κ2) is 12.6. The second-order valence-corrected chi connectivity index (χ2v) is 10.5. The molecular formula is C33H27ClFN5O4. The third kappa shape index (κ3) is 6.40. The largest absolute Gasteiger partial charge is 0.484 e. The molecule has 0 aliphatic rings. The number of carboxylic acids is 1. The van der Waals surface area contributed by atoms with Crippen molar-refractivity contribution in [1.29, 1.82) is 0 Å². The van der Waals surface area contributed by atoms with Gasteiger partial charge < -0.3 is 23.7 Å². The molecule has 0 atom stereocenters. The van der Waals surface area contributed by atoms with Crippen LogP contribution in [0.2, 0.25) is 5.02 Å². The van der Waals surface area contributed by atoms with Crippen LogP contribution in [0.3, 0.4) is 0 Å². The van der Waals surface area contributed by atoms with Crippen molar-refractivity contribution < 1.29 is 23.8 Å². The number of ether oxygens (including phenoxy) is 2. The summed E-state index contributed by atoms with van der Waals surface area (Å²) in [7, 11) is 0. The normalized spacial score (nSPS) is 11.2. The molecule has 0 aliphatic carbocycles. The van der Waals surface area contributed by atoms with Crippen molar-refractivity contribution in [3.05, 3.63) is 131 Å². The Morgan fingerprint density at radius 2 is 1.86 bits per heavy atom. The van der Waals surface area contributed by atoms with Crippen molar-refractivity contribution in [3.63, 3.8) is 0 Å². The van der Waals surface area contributed by atoms with Gasteiger partial charge in [-0.15, -0.1) is 0 Å². The van der Waals surface area contributed by atoms with E-state index in [-0.39, 0.29) is 17.9 Å². The predicted octanol–water partition coefficient (Wildman–Crippen LogP) is 7.15. The number of hydrogen-bond acceptors (Lipinski definition) is 6. The minimum absolute atomic E-state index is 0.0582. The lowest BCUT2D eigenvalue weighted by molar-refractivity contribution is 0.0697. The van der Waals surface area contributed by atoms with Gasteiger partial charge in [-0.2, -0.15) is 0 Å². The number of fused-ring (bicyclic) bond motifs is 1. The predicted molar refractivity (Wildman–Crippen MR) is 163 cm³/mol. The summed E-state index contributed by atoms with van der Waals surface area (Å²) in [6.07, 6.45) is 4.12. The Bertz CT molecular complexity index is 1950. The van der Waals surface area contributed by atoms with Gasteiger partial charge in [0.2, 0.25) is 5.88 Å². The zero-order chi connectivity index (χ0) is 30.6. The van der Waals surface area contributed by atoms with E-state index in [1.165, 1.54) is 12.1 Å². The van der Waals surface area contributed by atoms with Crippen LogP contribution in [-0.2, 0) is 26.1 Å². The maximum absolute atomic E-state index is 14.0. The molecule has 0 saturated carbocycles. The first-order valence-electron chi connectivity index (χ1n) is 13.9. The van der Waals surface area contributed by atoms with Crippen molar-refractivity contribution in [2.75, 3.05) is 0 Å². The third-order valence-electron chi connectivity index (χ3n) is 7.09. The summed E-state index contributed by atoms with van der Waals surface area (Å²) < 4.78 is 29.7. The van der Waals surface area contributed by atoms with E-state index >= 15 is 0 Å². The molecule has 0 amide bonds. The molecule has 6 aromatic rings. The Labute approximate surface area is 257 Å². The summed E-state index contributed by atoms with van der Waals surface area (Å²) in [6, 6.07) is 22.1. The number of carbonyl (C=O) groups is 1. The molecule has 3 heterocycles. The Morgan fingerprint density at radius 1 is 1.02 bits per heavy atom. The molecule has 0 bridgehead atoms. The Kier molecular flexibility index (Phi) is 8.25. The first-order chi connectivity index (χ1) is 21.4. The smallest absolute Gasteiger partial charge is 0.335 e. The van der Waals surface area contributed by atoms with E-state index in [1.807, 2.05) is 46.5 Å². The van der Waals surface area contributed by atoms with Gasteiger partial charge in [-0.05, 0) is 67.1 Å². The number of benzene rings is 3. The fourth-order valence-electron chi connectivity index (χ4n) is 4.86. The second-order valence-electron chi connectivity index (χ2n) is 10.0. The highest BCUT2D eigenvalue weighted by Crippen LogP contribution is 2.26. The van der Waals surface area contributed by atoms with Gasteiger partial charge in [0.25, 0.3) is 0 Å². The van der Waals surface area contributed by atoms with Crippen molar-refractivity contribution in [3.8, 4) is 17.4 Å². The van der Waals surface area contributed by atoms with E-state index in [9.17, 15) is 14.3 Å². The van der Waals surface area contributed by atoms with Gasteiger partial charge in [-0.1, -0.05) is 29.8 Å². The average molecular weight is 612 g/mol. The molecule has 0 unspecified atom stereocenters. The van der Waals surface area contributed by atoms with E-state index in [0.717, 1.165) is 34.7 Å². The monoisotopic (exact) mass is 611 g/mol. The Balaban J connectivity index is 1.18. The highest BCUT2D eigenvalue weighted by molar-refractivity contribution is 6.30. The molecule has 222 valence electrons. The standard InChI is InChI=1S/C33H27ClFN5O4/c1-2-39-20-36-17-25(39)18-40-29-15-22(33(41)42)8-12-28(29)38-31(40)14-21-6-10-26(11-7-21)44-32-5-3-4-24(37-32)19-43-30-13-9-23(34)16-27(30)35/h3-13,15-17,20H,2,14,18-19H2,1H3,(H,41,42). The maximum Gasteiger partial charge on any atom is 0.335 e. The SMILES string of the molecule is CCn1cncc1Cn1c(Cc2ccc(Oc3cccc(COc4ccc(Cl)cc4F)n3)cc2)nc2ccc(C(=O)O)cc21. The summed E-state index contributed by atoms with van der Waals surface area (Å²) in [5.74, 6) is 0.321. The lowest BCUT2D eigenvalue weighted by Gasteiger charge is -2.12. The lowest BCUT2D eigenvalue weighted by Crippen LogP contribution is -2.10. The van der Waals surface area contributed by atoms with E-state index in [2.05, 4.69) is 9.97 Å². The van der Waals surface area contributed by atoms with Gasteiger partial charge in [0.15, 0.2) is 11.6 Å². The first-order valence-corrected chi connectivity index (χ1v) is 14.3. The first kappa shape index (κ1) is 28.9. The quantitative estimate of drug-likeness (QED) is 0.166. The van der Waals surface area contributed by atoms with Gasteiger partial charge in [-0.25, -0.2) is 24.1 Å². The maximum atomic E-state index is 14.0. The van der Waals surface area contributed by atoms with Gasteiger partial charge in [0.05, 0.1) is 40.9 Å². The third-order valence-corrected chi connectivity index (χ3v) is 7.33. The van der Waals surface area contributed by atoms with Crippen LogP contribution in [0.4, 0.5) is 4.39 Å². The molecular weight excluding hydrogens is 585 g/mol. The number of rotatable bonds is 11. The summed E-state index contributed by atoms with van der Waals surface area (Å²) >= 11 is 5.81. The van der Waals surface area contributed by atoms with Crippen LogP contribution < -0.4 is 9.47 Å². The number of carboxylic acid groups (broad SMARTS) is 1. The fourth-order valence-corrected chi connectivity index (χ4v) is 5.02. The Morgan fingerprint density at radius 3 is 2.64 bits per heavy atom. The summed E-state index contributed by atoms with van der Waals surface area (Å²) in [4.78, 5) is 25.3. The topological polar surface area (TPSA) is 104 Å². The highest BCUT2D eigenvalue weighted by atomic mass is 35.5. The summed E-state index contributed by atoms with van der Waals surface area (Å²) in [6.45, 7) is 3.38. The van der Waals surface area contributed by atoms with Crippen LogP contribution in [0.25, 0.3) is 11.0 Å².